The molecule has 3 N–H and O–H groups in total. The monoisotopic (exact) mass is 1420 g/mol. The first kappa shape index (κ1) is 93.7. The summed E-state index contributed by atoms with van der Waals surface area (Å²) in [5, 5.41) is 10.6. The van der Waals surface area contributed by atoms with E-state index >= 15 is 0 Å². The molecule has 0 fully saturated rings. The Bertz CT molecular complexity index is 2290. The number of phosphoric acid groups is 2. The molecule has 564 valence electrons. The topological polar surface area (TPSA) is 237 Å². The van der Waals surface area contributed by atoms with Gasteiger partial charge in [0.2, 0.25) is 0 Å². The summed E-state index contributed by atoms with van der Waals surface area (Å²) < 4.78 is 68.3. The van der Waals surface area contributed by atoms with Crippen molar-refractivity contribution in [1.29, 1.82) is 0 Å². The molecule has 0 aliphatic heterocycles. The molecule has 0 aliphatic rings. The Hall–Kier alpha value is -4.28. The molecule has 98 heavy (non-hydrogen) atoms. The van der Waals surface area contributed by atoms with E-state index in [9.17, 15) is 43.2 Å². The van der Waals surface area contributed by atoms with Crippen LogP contribution in [0.25, 0.3) is 0 Å². The Balaban J connectivity index is 5.43. The van der Waals surface area contributed by atoms with Gasteiger partial charge in [-0.25, -0.2) is 9.13 Å². The minimum atomic E-state index is -4.99. The van der Waals surface area contributed by atoms with Gasteiger partial charge in [0.25, 0.3) is 0 Å². The second-order valence-corrected chi connectivity index (χ2v) is 28.1. The largest absolute Gasteiger partial charge is 0.472 e. The first-order chi connectivity index (χ1) is 47.7. The van der Waals surface area contributed by atoms with Gasteiger partial charge in [-0.15, -0.1) is 0 Å². The van der Waals surface area contributed by atoms with Gasteiger partial charge in [-0.3, -0.25) is 37.3 Å². The van der Waals surface area contributed by atoms with Crippen LogP contribution in [-0.4, -0.2) is 96.7 Å². The average Bonchev–Trinajstić information content (AvgIpc) is 0.959. The van der Waals surface area contributed by atoms with E-state index < -0.39 is 97.5 Å². The molecule has 0 amide bonds. The second kappa shape index (κ2) is 71.1. The quantitative estimate of drug-likeness (QED) is 0.0169. The molecule has 17 nitrogen and oxygen atoms in total. The van der Waals surface area contributed by atoms with Gasteiger partial charge in [0.05, 0.1) is 32.8 Å². The molecule has 19 heteroatoms. The molecule has 0 rings (SSSR count). The zero-order chi connectivity index (χ0) is 71.8. The highest BCUT2D eigenvalue weighted by molar-refractivity contribution is 7.47. The normalized spacial score (nSPS) is 14.6. The number of phosphoric ester groups is 2. The molecule has 0 spiro atoms. The average molecular weight is 1420 g/mol. The molecular formula is C79H136O17P2. The molecule has 0 aromatic carbocycles. The fourth-order valence-electron chi connectivity index (χ4n) is 10.0. The van der Waals surface area contributed by atoms with Crippen molar-refractivity contribution in [3.05, 3.63) is 109 Å². The van der Waals surface area contributed by atoms with E-state index in [-0.39, 0.29) is 25.7 Å². The Morgan fingerprint density at radius 2 is 0.571 bits per heavy atom. The summed E-state index contributed by atoms with van der Waals surface area (Å²) in [6.45, 7) is 4.51. The van der Waals surface area contributed by atoms with Gasteiger partial charge in [-0.05, 0) is 89.9 Å². The van der Waals surface area contributed by atoms with Crippen molar-refractivity contribution in [1.82, 2.24) is 0 Å². The zero-order valence-electron chi connectivity index (χ0n) is 61.4. The predicted octanol–water partition coefficient (Wildman–Crippen LogP) is 21.8. The van der Waals surface area contributed by atoms with Crippen molar-refractivity contribution in [2.24, 2.45) is 0 Å². The number of rotatable bonds is 71. The van der Waals surface area contributed by atoms with E-state index in [1.54, 1.807) is 6.08 Å². The summed E-state index contributed by atoms with van der Waals surface area (Å²) >= 11 is 0. The smallest absolute Gasteiger partial charge is 0.462 e. The van der Waals surface area contributed by atoms with Crippen molar-refractivity contribution >= 4 is 39.5 Å². The summed E-state index contributed by atoms with van der Waals surface area (Å²) in [5.74, 6) is -2.36. The molecule has 5 atom stereocenters. The summed E-state index contributed by atoms with van der Waals surface area (Å²) in [5.41, 5.74) is 0. The van der Waals surface area contributed by atoms with Gasteiger partial charge in [0, 0.05) is 19.3 Å². The van der Waals surface area contributed by atoms with Crippen LogP contribution >= 0.6 is 15.6 Å². The van der Waals surface area contributed by atoms with Crippen LogP contribution in [0.2, 0.25) is 0 Å². The molecular weight excluding hydrogens is 1280 g/mol. The predicted molar refractivity (Wildman–Crippen MR) is 399 cm³/mol. The number of allylic oxidation sites excluding steroid dienone is 17. The van der Waals surface area contributed by atoms with Gasteiger partial charge in [-0.1, -0.05) is 304 Å². The Morgan fingerprint density at radius 3 is 0.908 bits per heavy atom. The van der Waals surface area contributed by atoms with E-state index in [0.717, 1.165) is 116 Å². The third-order valence-electron chi connectivity index (χ3n) is 15.8. The maximum atomic E-state index is 13.1. The second-order valence-electron chi connectivity index (χ2n) is 25.2. The highest BCUT2D eigenvalue weighted by Crippen LogP contribution is 2.45. The van der Waals surface area contributed by atoms with E-state index in [1.807, 2.05) is 18.2 Å². The summed E-state index contributed by atoms with van der Waals surface area (Å²) in [6.07, 6.45) is 75.4. The van der Waals surface area contributed by atoms with Crippen LogP contribution < -0.4 is 0 Å². The van der Waals surface area contributed by atoms with Crippen LogP contribution in [0.5, 0.6) is 0 Å². The molecule has 0 aromatic rings. The lowest BCUT2D eigenvalue weighted by Crippen LogP contribution is -2.30. The Labute approximate surface area is 594 Å². The first-order valence-corrected chi connectivity index (χ1v) is 41.1. The van der Waals surface area contributed by atoms with Crippen LogP contribution in [0.4, 0.5) is 0 Å². The summed E-state index contributed by atoms with van der Waals surface area (Å²) in [7, 11) is -9.98. The molecule has 0 saturated carbocycles. The molecule has 0 bridgehead atoms. The maximum Gasteiger partial charge on any atom is 0.472 e. The third-order valence-corrected chi connectivity index (χ3v) is 17.7. The summed E-state index contributed by atoms with van der Waals surface area (Å²) in [6, 6.07) is 0. The van der Waals surface area contributed by atoms with E-state index in [2.05, 4.69) is 113 Å². The van der Waals surface area contributed by atoms with E-state index in [1.165, 1.54) is 116 Å². The molecule has 0 heterocycles. The van der Waals surface area contributed by atoms with Crippen LogP contribution in [0.15, 0.2) is 109 Å². The van der Waals surface area contributed by atoms with Gasteiger partial charge in [0.1, 0.15) is 19.3 Å². The van der Waals surface area contributed by atoms with Gasteiger partial charge >= 0.3 is 39.5 Å². The molecule has 0 aliphatic carbocycles. The number of hydrogen-bond donors (Lipinski definition) is 3. The Kier molecular flexibility index (Phi) is 68.0. The first-order valence-electron chi connectivity index (χ1n) is 38.1. The number of esters is 4. The van der Waals surface area contributed by atoms with Crippen LogP contribution in [0.1, 0.15) is 310 Å². The fraction of sp³-hybridized carbons (Fsp3) is 0.722. The minimum absolute atomic E-state index is 0.0700. The van der Waals surface area contributed by atoms with Gasteiger partial charge < -0.3 is 33.8 Å². The van der Waals surface area contributed by atoms with Crippen molar-refractivity contribution < 1.29 is 80.2 Å². The lowest BCUT2D eigenvalue weighted by molar-refractivity contribution is -0.161. The Morgan fingerprint density at radius 1 is 0.306 bits per heavy atom. The standard InChI is InChI=1S/C79H136O17P2/c1-5-9-13-17-21-25-29-33-36-40-43-47-51-55-59-63-76(81)89-69-74(95-78(83)65-61-57-53-49-45-39-32-28-24-20-16-12-8-4)71-93-97(85,86)91-67-73(80)68-92-98(87,88)94-72-75(96-79(84)66-62-58-54-50-46-42-38-35-31-27-23-19-15-11-7-3)70-90-77(82)64-60-56-52-48-44-41-37-34-30-26-22-18-14-10-6-2/h9-10,13-14,21-22,25-26,33-34,36-37,43-44,47-48,55,59,73-75,80H,5-8,11-12,15-20,23-24,27-32,35,38-42,45-46,49-54,56-58,60-72H2,1-4H3,(H,85,86)(H,87,88)/b13-9-,14-10-,25-21-,26-22-,36-33-,37-34-,47-43-,48-44-,59-55-. The van der Waals surface area contributed by atoms with Gasteiger partial charge in [-0.2, -0.15) is 0 Å². The molecule has 0 saturated heterocycles. The minimum Gasteiger partial charge on any atom is -0.462 e. The van der Waals surface area contributed by atoms with Crippen LogP contribution in [-0.2, 0) is 65.4 Å². The molecule has 0 radical (unpaired) electrons. The van der Waals surface area contributed by atoms with E-state index in [4.69, 9.17) is 37.0 Å². The van der Waals surface area contributed by atoms with Crippen LogP contribution in [0.3, 0.4) is 0 Å². The van der Waals surface area contributed by atoms with Gasteiger partial charge in [0.15, 0.2) is 12.2 Å². The highest BCUT2D eigenvalue weighted by Gasteiger charge is 2.30. The summed E-state index contributed by atoms with van der Waals surface area (Å²) in [4.78, 5) is 72.8. The SMILES string of the molecule is CC/C=C\C/C=C\C/C=C\C/C=C\C/C=C\CC(=O)OCC(COP(=O)(O)OCC(O)COP(=O)(O)OCC(COC(=O)CCCC/C=C\C/C=C\C/C=C\C/C=C\CC)OC(=O)CCCCCCCCCCCCCCCCC)OC(=O)CCCCCCCCCCCCCCC. The molecule has 5 unspecified atom stereocenters. The third kappa shape index (κ3) is 70.2. The maximum absolute atomic E-state index is 13.1. The number of aliphatic hydroxyl groups is 1. The van der Waals surface area contributed by atoms with E-state index in [0.29, 0.717) is 25.7 Å². The van der Waals surface area contributed by atoms with Crippen molar-refractivity contribution in [3.8, 4) is 0 Å². The van der Waals surface area contributed by atoms with Crippen molar-refractivity contribution in [2.45, 2.75) is 329 Å². The number of aliphatic hydroxyl groups excluding tert-OH is 1. The number of carbonyl (C=O) groups is 4. The highest BCUT2D eigenvalue weighted by atomic mass is 31.2. The number of hydrogen-bond acceptors (Lipinski definition) is 15. The molecule has 0 aromatic heterocycles. The lowest BCUT2D eigenvalue weighted by atomic mass is 10.0. The number of ether oxygens (including phenoxy) is 4. The van der Waals surface area contributed by atoms with Crippen molar-refractivity contribution in [3.63, 3.8) is 0 Å². The van der Waals surface area contributed by atoms with Crippen LogP contribution in [0, 0.1) is 0 Å². The zero-order valence-corrected chi connectivity index (χ0v) is 63.2. The lowest BCUT2D eigenvalue weighted by Gasteiger charge is -2.21. The number of carbonyl (C=O) groups excluding carboxylic acids is 4. The van der Waals surface area contributed by atoms with Crippen molar-refractivity contribution in [2.75, 3.05) is 39.6 Å². The number of unbranched alkanes of at least 4 members (excludes halogenated alkanes) is 28. The fourth-order valence-corrected chi connectivity index (χ4v) is 11.6.